The molecule has 5 nitrogen and oxygen atoms in total. The number of carbonyl (C=O) groups excluding carboxylic acids is 1. The zero-order valence-corrected chi connectivity index (χ0v) is 10.4. The van der Waals surface area contributed by atoms with Crippen molar-refractivity contribution in [1.29, 1.82) is 0 Å². The van der Waals surface area contributed by atoms with Gasteiger partial charge in [-0.3, -0.25) is 4.79 Å². The third kappa shape index (κ3) is 3.66. The maximum atomic E-state index is 12.2. The van der Waals surface area contributed by atoms with Crippen LogP contribution >= 0.6 is 0 Å². The molecular weight excluding hydrogens is 246 g/mol. The van der Waals surface area contributed by atoms with Gasteiger partial charge in [-0.2, -0.15) is 0 Å². The molecule has 1 aliphatic heterocycles. The van der Waals surface area contributed by atoms with Gasteiger partial charge in [-0.15, -0.1) is 0 Å². The van der Waals surface area contributed by atoms with E-state index in [1.807, 2.05) is 0 Å². The summed E-state index contributed by atoms with van der Waals surface area (Å²) in [4.78, 5) is 24.4. The highest BCUT2D eigenvalue weighted by atomic mass is 16.5. The van der Waals surface area contributed by atoms with Crippen LogP contribution in [0.25, 0.3) is 6.08 Å². The second-order valence-corrected chi connectivity index (χ2v) is 4.20. The second kappa shape index (κ2) is 6.15. The van der Waals surface area contributed by atoms with Crippen LogP contribution in [0, 0.1) is 0 Å². The van der Waals surface area contributed by atoms with Crippen LogP contribution in [0.15, 0.2) is 30.3 Å². The van der Waals surface area contributed by atoms with Gasteiger partial charge in [0.2, 0.25) is 0 Å². The summed E-state index contributed by atoms with van der Waals surface area (Å²) in [5.74, 6) is -1.06. The van der Waals surface area contributed by atoms with Gasteiger partial charge in [0.15, 0.2) is 0 Å². The summed E-state index contributed by atoms with van der Waals surface area (Å²) in [6.07, 6.45) is 2.52. The Morgan fingerprint density at radius 1 is 1.26 bits per heavy atom. The average Bonchev–Trinajstić information content (AvgIpc) is 2.45. The molecule has 1 N–H and O–H groups in total. The van der Waals surface area contributed by atoms with Crippen molar-refractivity contribution in [3.63, 3.8) is 0 Å². The topological polar surface area (TPSA) is 66.8 Å². The number of carboxylic acids is 1. The van der Waals surface area contributed by atoms with Crippen LogP contribution in [-0.2, 0) is 9.53 Å². The fourth-order valence-corrected chi connectivity index (χ4v) is 1.89. The first-order valence-corrected chi connectivity index (χ1v) is 6.05. The van der Waals surface area contributed by atoms with Gasteiger partial charge in [0.1, 0.15) is 0 Å². The molecule has 1 saturated heterocycles. The SMILES string of the molecule is O=C(O)C=Cc1cccc(C(=O)N2CCOCC2)c1. The summed E-state index contributed by atoms with van der Waals surface area (Å²) in [7, 11) is 0. The van der Waals surface area contributed by atoms with Gasteiger partial charge in [0, 0.05) is 24.7 Å². The minimum absolute atomic E-state index is 0.0473. The predicted octanol–water partition coefficient (Wildman–Crippen LogP) is 1.26. The molecule has 0 saturated carbocycles. The minimum Gasteiger partial charge on any atom is -0.478 e. The van der Waals surface area contributed by atoms with E-state index in [-0.39, 0.29) is 5.91 Å². The van der Waals surface area contributed by atoms with Crippen molar-refractivity contribution in [3.8, 4) is 0 Å². The molecule has 0 bridgehead atoms. The molecule has 1 aromatic carbocycles. The van der Waals surface area contributed by atoms with Gasteiger partial charge < -0.3 is 14.7 Å². The van der Waals surface area contributed by atoms with E-state index in [0.29, 0.717) is 37.4 Å². The molecule has 5 heteroatoms. The van der Waals surface area contributed by atoms with Crippen LogP contribution in [0.5, 0.6) is 0 Å². The highest BCUT2D eigenvalue weighted by Crippen LogP contribution is 2.11. The Morgan fingerprint density at radius 2 is 2.00 bits per heavy atom. The van der Waals surface area contributed by atoms with Gasteiger partial charge in [-0.1, -0.05) is 12.1 Å². The number of benzene rings is 1. The van der Waals surface area contributed by atoms with E-state index in [2.05, 4.69) is 0 Å². The molecule has 0 aromatic heterocycles. The molecule has 100 valence electrons. The van der Waals surface area contributed by atoms with Crippen molar-refractivity contribution in [2.24, 2.45) is 0 Å². The Morgan fingerprint density at radius 3 is 2.68 bits per heavy atom. The third-order valence-corrected chi connectivity index (χ3v) is 2.85. The summed E-state index contributed by atoms with van der Waals surface area (Å²) >= 11 is 0. The molecule has 0 atom stereocenters. The van der Waals surface area contributed by atoms with Gasteiger partial charge in [-0.05, 0) is 23.8 Å². The average molecular weight is 261 g/mol. The number of morpholine rings is 1. The molecule has 2 rings (SSSR count). The standard InChI is InChI=1S/C14H15NO4/c16-13(17)5-4-11-2-1-3-12(10-11)14(18)15-6-8-19-9-7-15/h1-5,10H,6-9H2,(H,16,17). The monoisotopic (exact) mass is 261 g/mol. The minimum atomic E-state index is -1.01. The van der Waals surface area contributed by atoms with Crippen molar-refractivity contribution < 1.29 is 19.4 Å². The van der Waals surface area contributed by atoms with E-state index in [4.69, 9.17) is 9.84 Å². The third-order valence-electron chi connectivity index (χ3n) is 2.85. The molecule has 0 radical (unpaired) electrons. The molecule has 1 heterocycles. The van der Waals surface area contributed by atoms with Crippen molar-refractivity contribution in [3.05, 3.63) is 41.5 Å². The van der Waals surface area contributed by atoms with E-state index in [1.165, 1.54) is 6.08 Å². The maximum Gasteiger partial charge on any atom is 0.328 e. The lowest BCUT2D eigenvalue weighted by molar-refractivity contribution is -0.131. The second-order valence-electron chi connectivity index (χ2n) is 4.20. The van der Waals surface area contributed by atoms with E-state index < -0.39 is 5.97 Å². The Labute approximate surface area is 111 Å². The lowest BCUT2D eigenvalue weighted by Gasteiger charge is -2.26. The highest BCUT2D eigenvalue weighted by Gasteiger charge is 2.18. The van der Waals surface area contributed by atoms with Gasteiger partial charge >= 0.3 is 5.97 Å². The number of amides is 1. The Balaban J connectivity index is 2.13. The first kappa shape index (κ1) is 13.3. The van der Waals surface area contributed by atoms with Gasteiger partial charge in [0.25, 0.3) is 5.91 Å². The van der Waals surface area contributed by atoms with E-state index in [9.17, 15) is 9.59 Å². The number of aliphatic carboxylic acids is 1. The fraction of sp³-hybridized carbons (Fsp3) is 0.286. The van der Waals surface area contributed by atoms with Crippen LogP contribution in [0.4, 0.5) is 0 Å². The van der Waals surface area contributed by atoms with Crippen LogP contribution < -0.4 is 0 Å². The summed E-state index contributed by atoms with van der Waals surface area (Å²) in [6.45, 7) is 2.30. The first-order chi connectivity index (χ1) is 9.16. The van der Waals surface area contributed by atoms with Crippen LogP contribution in [0.1, 0.15) is 15.9 Å². The molecule has 1 aliphatic rings. The summed E-state index contributed by atoms with van der Waals surface area (Å²) in [5, 5.41) is 8.58. The molecular formula is C14H15NO4. The highest BCUT2D eigenvalue weighted by molar-refractivity contribution is 5.95. The van der Waals surface area contributed by atoms with Gasteiger partial charge in [0.05, 0.1) is 13.2 Å². The van der Waals surface area contributed by atoms with Crippen LogP contribution in [-0.4, -0.2) is 48.2 Å². The Kier molecular flexibility index (Phi) is 4.30. The molecule has 1 amide bonds. The molecule has 0 spiro atoms. The van der Waals surface area contributed by atoms with Crippen molar-refractivity contribution in [2.45, 2.75) is 0 Å². The summed E-state index contributed by atoms with van der Waals surface area (Å²) < 4.78 is 5.20. The smallest absolute Gasteiger partial charge is 0.328 e. The van der Waals surface area contributed by atoms with E-state index in [1.54, 1.807) is 29.2 Å². The zero-order chi connectivity index (χ0) is 13.7. The molecule has 19 heavy (non-hydrogen) atoms. The van der Waals surface area contributed by atoms with Crippen LogP contribution in [0.3, 0.4) is 0 Å². The molecule has 0 unspecified atom stereocenters. The number of rotatable bonds is 3. The van der Waals surface area contributed by atoms with Gasteiger partial charge in [-0.25, -0.2) is 4.79 Å². The zero-order valence-electron chi connectivity index (χ0n) is 10.4. The van der Waals surface area contributed by atoms with E-state index >= 15 is 0 Å². The number of ether oxygens (including phenoxy) is 1. The normalized spacial score (nSPS) is 15.7. The number of hydrogen-bond donors (Lipinski definition) is 1. The first-order valence-electron chi connectivity index (χ1n) is 6.05. The van der Waals surface area contributed by atoms with E-state index in [0.717, 1.165) is 6.08 Å². The summed E-state index contributed by atoms with van der Waals surface area (Å²) in [6, 6.07) is 6.93. The Bertz CT molecular complexity index is 504. The number of carboxylic acid groups (broad SMARTS) is 1. The number of carbonyl (C=O) groups is 2. The number of nitrogens with zero attached hydrogens (tertiary/aromatic N) is 1. The Hall–Kier alpha value is -2.14. The van der Waals surface area contributed by atoms with Crippen molar-refractivity contribution in [1.82, 2.24) is 4.90 Å². The molecule has 1 fully saturated rings. The maximum absolute atomic E-state index is 12.2. The molecule has 0 aliphatic carbocycles. The quantitative estimate of drug-likeness (QED) is 0.832. The lowest BCUT2D eigenvalue weighted by atomic mass is 10.1. The van der Waals surface area contributed by atoms with Crippen molar-refractivity contribution in [2.75, 3.05) is 26.3 Å². The van der Waals surface area contributed by atoms with Crippen molar-refractivity contribution >= 4 is 18.0 Å². The summed E-state index contributed by atoms with van der Waals surface area (Å²) in [5.41, 5.74) is 1.26. The number of hydrogen-bond acceptors (Lipinski definition) is 3. The molecule has 1 aromatic rings. The van der Waals surface area contributed by atoms with Crippen LogP contribution in [0.2, 0.25) is 0 Å². The fourth-order valence-electron chi connectivity index (χ4n) is 1.89. The lowest BCUT2D eigenvalue weighted by Crippen LogP contribution is -2.40. The predicted molar refractivity (Wildman–Crippen MR) is 69.8 cm³/mol. The largest absolute Gasteiger partial charge is 0.478 e.